The molecule has 232 valence electrons. The Hall–Kier alpha value is -4.42. The average molecular weight is 601 g/mol. The molecule has 6 heteroatoms. The Bertz CT molecular complexity index is 1710. The SMILES string of the molecule is CCN(CC)C(=O)c1ccc(C(c2cccc(O)c2)n2nc(C)c(-c3ccccc3CN3CCCC4C=CC=CC43)c2C)cc1. The van der Waals surface area contributed by atoms with E-state index < -0.39 is 0 Å². The smallest absolute Gasteiger partial charge is 0.253 e. The van der Waals surface area contributed by atoms with E-state index in [1.165, 1.54) is 24.0 Å². The van der Waals surface area contributed by atoms with Crippen LogP contribution in [0.25, 0.3) is 11.1 Å². The fourth-order valence-corrected chi connectivity index (χ4v) is 7.26. The number of phenols is 1. The molecule has 45 heavy (non-hydrogen) atoms. The highest BCUT2D eigenvalue weighted by molar-refractivity contribution is 5.94. The first-order valence-corrected chi connectivity index (χ1v) is 16.3. The molecule has 1 fully saturated rings. The number of benzene rings is 3. The highest BCUT2D eigenvalue weighted by atomic mass is 16.3. The molecule has 3 unspecified atom stereocenters. The fraction of sp³-hybridized carbons (Fsp3) is 0.333. The average Bonchev–Trinajstić information content (AvgIpc) is 3.35. The Morgan fingerprint density at radius 1 is 0.956 bits per heavy atom. The summed E-state index contributed by atoms with van der Waals surface area (Å²) in [5.41, 5.74) is 8.30. The normalized spacial score (nSPS) is 18.5. The van der Waals surface area contributed by atoms with Gasteiger partial charge in [-0.25, -0.2) is 0 Å². The van der Waals surface area contributed by atoms with Gasteiger partial charge < -0.3 is 10.0 Å². The van der Waals surface area contributed by atoms with Crippen LogP contribution in [0, 0.1) is 19.8 Å². The molecule has 1 aromatic heterocycles. The maximum atomic E-state index is 13.0. The summed E-state index contributed by atoms with van der Waals surface area (Å²) in [6, 6.07) is 24.2. The summed E-state index contributed by atoms with van der Waals surface area (Å²) in [6.45, 7) is 11.6. The third kappa shape index (κ3) is 6.12. The lowest BCUT2D eigenvalue weighted by Crippen LogP contribution is -2.43. The minimum absolute atomic E-state index is 0.0326. The number of allylic oxidation sites excluding steroid dienone is 2. The van der Waals surface area contributed by atoms with Crippen molar-refractivity contribution < 1.29 is 9.90 Å². The molecular formula is C39H44N4O2. The van der Waals surface area contributed by atoms with Crippen LogP contribution in [-0.2, 0) is 6.54 Å². The number of aromatic nitrogens is 2. The summed E-state index contributed by atoms with van der Waals surface area (Å²) in [5.74, 6) is 0.827. The van der Waals surface area contributed by atoms with Crippen LogP contribution in [0.4, 0.5) is 0 Å². The van der Waals surface area contributed by atoms with Crippen molar-refractivity contribution in [2.75, 3.05) is 19.6 Å². The predicted molar refractivity (Wildman–Crippen MR) is 181 cm³/mol. The van der Waals surface area contributed by atoms with Crippen LogP contribution in [0.2, 0.25) is 0 Å². The first-order chi connectivity index (χ1) is 21.9. The summed E-state index contributed by atoms with van der Waals surface area (Å²) >= 11 is 0. The Morgan fingerprint density at radius 3 is 2.47 bits per heavy atom. The van der Waals surface area contributed by atoms with Gasteiger partial charge in [0.25, 0.3) is 5.91 Å². The van der Waals surface area contributed by atoms with E-state index in [4.69, 9.17) is 5.10 Å². The summed E-state index contributed by atoms with van der Waals surface area (Å²) in [6.07, 6.45) is 11.6. The van der Waals surface area contributed by atoms with Gasteiger partial charge in [-0.15, -0.1) is 0 Å². The van der Waals surface area contributed by atoms with Crippen molar-refractivity contribution in [3.8, 4) is 16.9 Å². The van der Waals surface area contributed by atoms with Crippen LogP contribution >= 0.6 is 0 Å². The minimum Gasteiger partial charge on any atom is -0.508 e. The molecule has 2 aliphatic rings. The lowest BCUT2D eigenvalue weighted by Gasteiger charge is -2.40. The van der Waals surface area contributed by atoms with Crippen LogP contribution in [0.5, 0.6) is 5.75 Å². The Labute approximate surface area is 267 Å². The van der Waals surface area contributed by atoms with Crippen molar-refractivity contribution in [1.82, 2.24) is 19.6 Å². The topological polar surface area (TPSA) is 61.6 Å². The van der Waals surface area contributed by atoms with E-state index in [-0.39, 0.29) is 17.7 Å². The summed E-state index contributed by atoms with van der Waals surface area (Å²) in [5, 5.41) is 15.6. The summed E-state index contributed by atoms with van der Waals surface area (Å²) in [7, 11) is 0. The number of aryl methyl sites for hydroxylation is 1. The predicted octanol–water partition coefficient (Wildman–Crippen LogP) is 7.70. The second kappa shape index (κ2) is 13.3. The van der Waals surface area contributed by atoms with Crippen molar-refractivity contribution in [3.63, 3.8) is 0 Å². The molecule has 3 atom stereocenters. The molecular weight excluding hydrogens is 556 g/mol. The number of hydrogen-bond donors (Lipinski definition) is 1. The van der Waals surface area contributed by atoms with Gasteiger partial charge in [0, 0.05) is 42.5 Å². The number of nitrogens with zero attached hydrogens (tertiary/aromatic N) is 4. The molecule has 0 bridgehead atoms. The molecule has 1 N–H and O–H groups in total. The molecule has 3 aromatic carbocycles. The van der Waals surface area contributed by atoms with Crippen LogP contribution in [0.3, 0.4) is 0 Å². The minimum atomic E-state index is -0.281. The molecule has 1 amide bonds. The number of aromatic hydroxyl groups is 1. The number of carbonyl (C=O) groups is 1. The van der Waals surface area contributed by atoms with Gasteiger partial charge in [0.2, 0.25) is 0 Å². The fourth-order valence-electron chi connectivity index (χ4n) is 7.26. The van der Waals surface area contributed by atoms with E-state index in [0.29, 0.717) is 30.6 Å². The van der Waals surface area contributed by atoms with E-state index in [1.54, 1.807) is 6.07 Å². The van der Waals surface area contributed by atoms with E-state index >= 15 is 0 Å². The highest BCUT2D eigenvalue weighted by Gasteiger charge is 2.30. The Morgan fingerprint density at radius 2 is 1.71 bits per heavy atom. The van der Waals surface area contributed by atoms with Crippen molar-refractivity contribution >= 4 is 5.91 Å². The second-order valence-electron chi connectivity index (χ2n) is 12.3. The molecule has 6 rings (SSSR count). The Kier molecular flexibility index (Phi) is 9.04. The number of likely N-dealkylation sites (tertiary alicyclic amines) is 1. The standard InChI is InChI=1S/C39H44N4O2/c1-5-41(6-2)39(45)31-22-20-30(21-23-31)38(32-15-11-17-34(44)25-32)43-28(4)37(27(3)40-43)35-18-9-7-14-33(35)26-42-24-12-16-29-13-8-10-19-36(29)42/h7-11,13-15,17-23,25,29,36,38,44H,5-6,12,16,24,26H2,1-4H3. The number of amides is 1. The molecule has 1 saturated heterocycles. The van der Waals surface area contributed by atoms with Crippen molar-refractivity contribution in [2.24, 2.45) is 5.92 Å². The quantitative estimate of drug-likeness (QED) is 0.214. The zero-order valence-electron chi connectivity index (χ0n) is 26.9. The van der Waals surface area contributed by atoms with Gasteiger partial charge in [-0.3, -0.25) is 14.4 Å². The molecule has 2 heterocycles. The van der Waals surface area contributed by atoms with Gasteiger partial charge in [0.05, 0.1) is 5.69 Å². The van der Waals surface area contributed by atoms with Gasteiger partial charge in [0.1, 0.15) is 11.8 Å². The van der Waals surface area contributed by atoms with Gasteiger partial charge in [-0.1, -0.05) is 72.8 Å². The zero-order valence-corrected chi connectivity index (χ0v) is 26.9. The first-order valence-electron chi connectivity index (χ1n) is 16.3. The first kappa shape index (κ1) is 30.6. The van der Waals surface area contributed by atoms with E-state index in [1.807, 2.05) is 61.2 Å². The number of phenolic OH excluding ortho intramolecular Hbond substituents is 1. The van der Waals surface area contributed by atoms with Gasteiger partial charge >= 0.3 is 0 Å². The van der Waals surface area contributed by atoms with E-state index in [0.717, 1.165) is 41.2 Å². The monoisotopic (exact) mass is 600 g/mol. The van der Waals surface area contributed by atoms with Gasteiger partial charge in [0.15, 0.2) is 0 Å². The Balaban J connectivity index is 1.39. The maximum Gasteiger partial charge on any atom is 0.253 e. The van der Waals surface area contributed by atoms with E-state index in [9.17, 15) is 9.90 Å². The lowest BCUT2D eigenvalue weighted by atomic mass is 9.85. The number of fused-ring (bicyclic) bond motifs is 1. The number of piperidine rings is 1. The van der Waals surface area contributed by atoms with Crippen LogP contribution in [0.1, 0.15) is 71.2 Å². The number of hydrogen-bond acceptors (Lipinski definition) is 4. The third-order valence-electron chi connectivity index (χ3n) is 9.56. The molecule has 0 saturated carbocycles. The third-order valence-corrected chi connectivity index (χ3v) is 9.56. The van der Waals surface area contributed by atoms with Crippen molar-refractivity contribution in [2.45, 2.75) is 59.2 Å². The largest absolute Gasteiger partial charge is 0.508 e. The zero-order chi connectivity index (χ0) is 31.5. The van der Waals surface area contributed by atoms with Crippen molar-refractivity contribution in [1.29, 1.82) is 0 Å². The number of rotatable bonds is 9. The van der Waals surface area contributed by atoms with Gasteiger partial charge in [-0.2, -0.15) is 5.10 Å². The summed E-state index contributed by atoms with van der Waals surface area (Å²) < 4.78 is 2.09. The van der Waals surface area contributed by atoms with Crippen LogP contribution in [-0.4, -0.2) is 56.3 Å². The molecule has 0 radical (unpaired) electrons. The van der Waals surface area contributed by atoms with Crippen LogP contribution < -0.4 is 0 Å². The molecule has 0 spiro atoms. The van der Waals surface area contributed by atoms with E-state index in [2.05, 4.69) is 72.0 Å². The molecule has 1 aliphatic carbocycles. The maximum absolute atomic E-state index is 13.0. The lowest BCUT2D eigenvalue weighted by molar-refractivity contribution is 0.0773. The second-order valence-corrected chi connectivity index (χ2v) is 12.3. The molecule has 1 aliphatic heterocycles. The highest BCUT2D eigenvalue weighted by Crippen LogP contribution is 2.37. The van der Waals surface area contributed by atoms with Gasteiger partial charge in [-0.05, 0) is 99.5 Å². The summed E-state index contributed by atoms with van der Waals surface area (Å²) in [4.78, 5) is 17.5. The molecule has 4 aromatic rings. The van der Waals surface area contributed by atoms with Crippen molar-refractivity contribution in [3.05, 3.63) is 131 Å². The molecule has 6 nitrogen and oxygen atoms in total. The number of carbonyl (C=O) groups excluding carboxylic acids is 1. The van der Waals surface area contributed by atoms with Crippen LogP contribution in [0.15, 0.2) is 97.1 Å².